The molecule has 1 saturated heterocycles. The van der Waals surface area contributed by atoms with Crippen LogP contribution >= 0.6 is 23.8 Å². The van der Waals surface area contributed by atoms with Gasteiger partial charge in [-0.1, -0.05) is 12.1 Å². The van der Waals surface area contributed by atoms with E-state index in [9.17, 15) is 9.18 Å². The number of anilines is 1. The van der Waals surface area contributed by atoms with E-state index in [1.807, 2.05) is 11.0 Å². The first-order chi connectivity index (χ1) is 15.9. The predicted molar refractivity (Wildman–Crippen MR) is 131 cm³/mol. The third-order valence-electron chi connectivity index (χ3n) is 5.99. The van der Waals surface area contributed by atoms with Crippen molar-refractivity contribution in [3.05, 3.63) is 70.2 Å². The highest BCUT2D eigenvalue weighted by Gasteiger charge is 2.44. The highest BCUT2D eigenvalue weighted by Crippen LogP contribution is 2.42. The smallest absolute Gasteiger partial charge is 0.253 e. The van der Waals surface area contributed by atoms with Crippen molar-refractivity contribution in [2.45, 2.75) is 18.8 Å². The van der Waals surface area contributed by atoms with Crippen molar-refractivity contribution >= 4 is 40.5 Å². The average molecular weight is 486 g/mol. The lowest BCUT2D eigenvalue weighted by atomic mass is 9.80. The van der Waals surface area contributed by atoms with Crippen molar-refractivity contribution in [3.8, 4) is 5.75 Å². The second-order valence-corrected chi connectivity index (χ2v) is 9.05. The molecule has 1 aromatic heterocycles. The third kappa shape index (κ3) is 4.40. The van der Waals surface area contributed by atoms with Crippen LogP contribution in [0.15, 0.2) is 42.7 Å². The number of amides is 1. The van der Waals surface area contributed by atoms with E-state index in [0.29, 0.717) is 47.2 Å². The Kier molecular flexibility index (Phi) is 6.57. The average Bonchev–Trinajstić information content (AvgIpc) is 3.51. The van der Waals surface area contributed by atoms with Gasteiger partial charge in [-0.25, -0.2) is 9.37 Å². The van der Waals surface area contributed by atoms with E-state index in [2.05, 4.69) is 20.0 Å². The van der Waals surface area contributed by atoms with E-state index in [-0.39, 0.29) is 11.7 Å². The Hall–Kier alpha value is -3.11. The minimum Gasteiger partial charge on any atom is -0.497 e. The molecule has 2 heterocycles. The Morgan fingerprint density at radius 2 is 2.12 bits per heavy atom. The normalized spacial score (nSPS) is 17.6. The molecule has 0 aliphatic carbocycles. The fourth-order valence-corrected chi connectivity index (χ4v) is 5.09. The van der Waals surface area contributed by atoms with Crippen molar-refractivity contribution in [3.63, 3.8) is 0 Å². The Balaban J connectivity index is 1.64. The number of nitrogens with zero attached hydrogens (tertiary/aromatic N) is 3. The van der Waals surface area contributed by atoms with Crippen molar-refractivity contribution in [2.24, 2.45) is 0 Å². The number of thiocarbonyl (C=S) groups is 1. The first-order valence-corrected chi connectivity index (χ1v) is 11.6. The topological polar surface area (TPSA) is 79.4 Å². The molecule has 3 aromatic rings. The summed E-state index contributed by atoms with van der Waals surface area (Å²) in [6.07, 6.45) is 2.23. The molecule has 7 nitrogen and oxygen atoms in total. The number of benzene rings is 2. The number of aryl methyl sites for hydroxylation is 1. The number of ether oxygens (including phenoxy) is 1. The summed E-state index contributed by atoms with van der Waals surface area (Å²) in [6.45, 7) is 2.89. The molecule has 0 saturated carbocycles. The van der Waals surface area contributed by atoms with Gasteiger partial charge in [0.1, 0.15) is 22.9 Å². The first kappa shape index (κ1) is 23.1. The van der Waals surface area contributed by atoms with Gasteiger partial charge < -0.3 is 20.3 Å². The molecule has 10 heteroatoms. The number of methoxy groups -OCH3 is 1. The van der Waals surface area contributed by atoms with Gasteiger partial charge in [-0.15, -0.1) is 0 Å². The third-order valence-corrected chi connectivity index (χ3v) is 7.22. The van der Waals surface area contributed by atoms with E-state index in [1.165, 1.54) is 17.9 Å². The SMILES string of the molecule is CNC(=O)c1ccc(OC)cc1NC(=S)N1CC[C@@](c2ccc(C)c(F)c2)(c2ncns2)C1. The molecule has 1 fully saturated rings. The molecule has 0 bridgehead atoms. The molecule has 1 aliphatic rings. The van der Waals surface area contributed by atoms with E-state index < -0.39 is 5.41 Å². The predicted octanol–water partition coefficient (Wildman–Crippen LogP) is 3.74. The molecule has 0 radical (unpaired) electrons. The molecule has 0 spiro atoms. The standard InChI is InChI=1S/C23H24FN5O2S2/c1-14-4-5-15(10-18(14)24)23(21-26-13-27-33-21)8-9-29(12-23)22(32)28-19-11-16(31-3)6-7-17(19)20(30)25-2/h4-7,10-11,13H,8-9,12H2,1-3H3,(H,25,30)(H,28,32)/t23-/m1/s1. The van der Waals surface area contributed by atoms with Crippen LogP contribution < -0.4 is 15.4 Å². The summed E-state index contributed by atoms with van der Waals surface area (Å²) >= 11 is 7.03. The fourth-order valence-electron chi connectivity index (χ4n) is 4.07. The first-order valence-electron chi connectivity index (χ1n) is 10.4. The van der Waals surface area contributed by atoms with Gasteiger partial charge in [0.15, 0.2) is 5.11 Å². The van der Waals surface area contributed by atoms with Crippen LogP contribution in [0.4, 0.5) is 10.1 Å². The molecule has 33 heavy (non-hydrogen) atoms. The number of carbonyl (C=O) groups excluding carboxylic acids is 1. The van der Waals surface area contributed by atoms with Crippen molar-refractivity contribution in [1.82, 2.24) is 19.6 Å². The molecule has 4 rings (SSSR count). The Labute approximate surface area is 201 Å². The summed E-state index contributed by atoms with van der Waals surface area (Å²) < 4.78 is 24.0. The van der Waals surface area contributed by atoms with E-state index in [1.54, 1.807) is 51.4 Å². The molecule has 1 amide bonds. The van der Waals surface area contributed by atoms with Gasteiger partial charge in [0.05, 0.1) is 23.8 Å². The van der Waals surface area contributed by atoms with Crippen molar-refractivity contribution in [1.29, 1.82) is 0 Å². The molecule has 172 valence electrons. The molecule has 2 N–H and O–H groups in total. The maximum Gasteiger partial charge on any atom is 0.253 e. The van der Waals surface area contributed by atoms with Crippen LogP contribution in [0.3, 0.4) is 0 Å². The largest absolute Gasteiger partial charge is 0.497 e. The zero-order valence-electron chi connectivity index (χ0n) is 18.5. The summed E-state index contributed by atoms with van der Waals surface area (Å²) in [5, 5.41) is 7.13. The van der Waals surface area contributed by atoms with E-state index in [0.717, 1.165) is 10.6 Å². The van der Waals surface area contributed by atoms with Gasteiger partial charge in [-0.2, -0.15) is 4.37 Å². The lowest BCUT2D eigenvalue weighted by Gasteiger charge is -2.29. The lowest BCUT2D eigenvalue weighted by Crippen LogP contribution is -2.38. The maximum absolute atomic E-state index is 14.5. The molecular formula is C23H24FN5O2S2. The molecule has 1 aliphatic heterocycles. The Morgan fingerprint density at radius 1 is 1.30 bits per heavy atom. The molecule has 0 unspecified atom stereocenters. The van der Waals surface area contributed by atoms with Crippen LogP contribution in [-0.2, 0) is 5.41 Å². The van der Waals surface area contributed by atoms with E-state index >= 15 is 0 Å². The Bertz CT molecular complexity index is 1190. The second kappa shape index (κ2) is 9.40. The minimum absolute atomic E-state index is 0.234. The van der Waals surface area contributed by atoms with Gasteiger partial charge >= 0.3 is 0 Å². The monoisotopic (exact) mass is 485 g/mol. The summed E-state index contributed by atoms with van der Waals surface area (Å²) in [6, 6.07) is 10.5. The zero-order valence-corrected chi connectivity index (χ0v) is 20.1. The van der Waals surface area contributed by atoms with Crippen LogP contribution in [0.2, 0.25) is 0 Å². The van der Waals surface area contributed by atoms with Gasteiger partial charge in [0.25, 0.3) is 5.91 Å². The summed E-state index contributed by atoms with van der Waals surface area (Å²) in [7, 11) is 3.14. The molecular weight excluding hydrogens is 461 g/mol. The lowest BCUT2D eigenvalue weighted by molar-refractivity contribution is 0.0964. The molecule has 1 atom stereocenters. The van der Waals surface area contributed by atoms with Crippen molar-refractivity contribution < 1.29 is 13.9 Å². The van der Waals surface area contributed by atoms with Crippen LogP contribution in [0, 0.1) is 12.7 Å². The van der Waals surface area contributed by atoms with Crippen LogP contribution in [0.25, 0.3) is 0 Å². The minimum atomic E-state index is -0.528. The number of halogens is 1. The highest BCUT2D eigenvalue weighted by atomic mass is 32.1. The van der Waals surface area contributed by atoms with Crippen molar-refractivity contribution in [2.75, 3.05) is 32.6 Å². The number of aromatic nitrogens is 2. The number of rotatable bonds is 5. The number of hydrogen-bond donors (Lipinski definition) is 2. The van der Waals surface area contributed by atoms with Crippen LogP contribution in [-0.4, -0.2) is 52.5 Å². The quantitative estimate of drug-likeness (QED) is 0.533. The highest BCUT2D eigenvalue weighted by molar-refractivity contribution is 7.80. The van der Waals surface area contributed by atoms with Gasteiger partial charge in [0.2, 0.25) is 0 Å². The zero-order chi connectivity index (χ0) is 23.6. The number of hydrogen-bond acceptors (Lipinski definition) is 6. The summed E-state index contributed by atoms with van der Waals surface area (Å²) in [5.74, 6) is 0.123. The van der Waals surface area contributed by atoms with Crippen LogP contribution in [0.1, 0.15) is 32.9 Å². The van der Waals surface area contributed by atoms with Crippen LogP contribution in [0.5, 0.6) is 5.75 Å². The number of likely N-dealkylation sites (tertiary alicyclic amines) is 1. The van der Waals surface area contributed by atoms with E-state index in [4.69, 9.17) is 17.0 Å². The number of carbonyl (C=O) groups is 1. The van der Waals surface area contributed by atoms with Gasteiger partial charge in [-0.3, -0.25) is 4.79 Å². The Morgan fingerprint density at radius 3 is 2.79 bits per heavy atom. The summed E-state index contributed by atoms with van der Waals surface area (Å²) in [4.78, 5) is 18.8. The molecule has 2 aromatic carbocycles. The van der Waals surface area contributed by atoms with Gasteiger partial charge in [0, 0.05) is 26.2 Å². The number of nitrogens with one attached hydrogen (secondary N) is 2. The maximum atomic E-state index is 14.5. The second-order valence-electron chi connectivity index (χ2n) is 7.88. The summed E-state index contributed by atoms with van der Waals surface area (Å²) in [5.41, 5.74) is 1.92. The fraction of sp³-hybridized carbons (Fsp3) is 0.304. The van der Waals surface area contributed by atoms with Gasteiger partial charge in [-0.05, 0) is 66.4 Å².